The molecule has 0 spiro atoms. The Balaban J connectivity index is 2.12. The van der Waals surface area contributed by atoms with Crippen molar-refractivity contribution in [3.63, 3.8) is 0 Å². The first kappa shape index (κ1) is 15.2. The number of pyridine rings is 1. The Labute approximate surface area is 121 Å². The average Bonchev–Trinajstić information content (AvgIpc) is 2.47. The fourth-order valence-electron chi connectivity index (χ4n) is 2.45. The lowest BCUT2D eigenvalue weighted by Gasteiger charge is -2.38. The molecule has 0 saturated carbocycles. The van der Waals surface area contributed by atoms with Crippen LogP contribution >= 0.6 is 0 Å². The number of nitrogens with zero attached hydrogens (tertiary/aromatic N) is 4. The van der Waals surface area contributed by atoms with Gasteiger partial charge in [-0.2, -0.15) is 17.0 Å². The maximum Gasteiger partial charge on any atom is 0.281 e. The van der Waals surface area contributed by atoms with E-state index in [9.17, 15) is 8.42 Å². The van der Waals surface area contributed by atoms with Gasteiger partial charge in [0.15, 0.2) is 0 Å². The highest BCUT2D eigenvalue weighted by atomic mass is 32.2. The summed E-state index contributed by atoms with van der Waals surface area (Å²) in [5.41, 5.74) is 0. The smallest absolute Gasteiger partial charge is 0.281 e. The van der Waals surface area contributed by atoms with E-state index in [1.165, 1.54) is 8.61 Å². The van der Waals surface area contributed by atoms with Crippen LogP contribution in [-0.2, 0) is 10.2 Å². The van der Waals surface area contributed by atoms with Crippen LogP contribution in [0.4, 0.5) is 5.82 Å². The number of piperidine rings is 1. The first-order valence-corrected chi connectivity index (χ1v) is 8.14. The van der Waals surface area contributed by atoms with Gasteiger partial charge in [-0.15, -0.1) is 0 Å². The molecule has 7 heteroatoms. The molecular formula is C13H22N4O2S. The van der Waals surface area contributed by atoms with E-state index in [2.05, 4.69) is 9.88 Å². The molecule has 1 aliphatic rings. The number of hydrogen-bond acceptors (Lipinski definition) is 4. The Morgan fingerprint density at radius 1 is 1.30 bits per heavy atom. The van der Waals surface area contributed by atoms with Gasteiger partial charge in [0.05, 0.1) is 0 Å². The number of anilines is 1. The van der Waals surface area contributed by atoms with Crippen LogP contribution in [0.2, 0.25) is 0 Å². The SMILES string of the molecule is CN(C)S(=O)(=O)N(C)C1CCCN(c2ccccn2)C1. The predicted octanol–water partition coefficient (Wildman–Crippen LogP) is 0.789. The Bertz CT molecular complexity index is 533. The standard InChI is InChI=1S/C13H22N4O2S/c1-15(2)20(18,19)16(3)12-7-6-10-17(11-12)13-8-4-5-9-14-13/h4-5,8-9,12H,6-7,10-11H2,1-3H3. The summed E-state index contributed by atoms with van der Waals surface area (Å²) in [6.45, 7) is 1.60. The molecule has 0 aliphatic carbocycles. The van der Waals surface area contributed by atoms with E-state index in [0.29, 0.717) is 6.54 Å². The van der Waals surface area contributed by atoms with Crippen LogP contribution in [0.1, 0.15) is 12.8 Å². The van der Waals surface area contributed by atoms with Crippen molar-refractivity contribution < 1.29 is 8.42 Å². The number of rotatable bonds is 4. The van der Waals surface area contributed by atoms with Crippen LogP contribution in [0.15, 0.2) is 24.4 Å². The summed E-state index contributed by atoms with van der Waals surface area (Å²) in [7, 11) is 1.41. The lowest BCUT2D eigenvalue weighted by atomic mass is 10.1. The predicted molar refractivity (Wildman–Crippen MR) is 79.8 cm³/mol. The minimum atomic E-state index is -3.36. The van der Waals surface area contributed by atoms with Crippen LogP contribution in [0, 0.1) is 0 Å². The van der Waals surface area contributed by atoms with Gasteiger partial charge in [0, 0.05) is 46.5 Å². The average molecular weight is 298 g/mol. The van der Waals surface area contributed by atoms with Crippen molar-refractivity contribution >= 4 is 16.0 Å². The molecule has 1 fully saturated rings. The summed E-state index contributed by atoms with van der Waals surface area (Å²) in [6, 6.07) is 5.78. The van der Waals surface area contributed by atoms with Gasteiger partial charge in [0.1, 0.15) is 5.82 Å². The van der Waals surface area contributed by atoms with Crippen molar-refractivity contribution in [2.45, 2.75) is 18.9 Å². The largest absolute Gasteiger partial charge is 0.355 e. The van der Waals surface area contributed by atoms with Gasteiger partial charge in [-0.05, 0) is 25.0 Å². The third-order valence-corrected chi connectivity index (χ3v) is 5.66. The van der Waals surface area contributed by atoms with Crippen molar-refractivity contribution in [2.75, 3.05) is 39.1 Å². The molecule has 112 valence electrons. The van der Waals surface area contributed by atoms with Crippen LogP contribution in [-0.4, -0.2) is 62.3 Å². The Morgan fingerprint density at radius 2 is 2.05 bits per heavy atom. The van der Waals surface area contributed by atoms with E-state index >= 15 is 0 Å². The summed E-state index contributed by atoms with van der Waals surface area (Å²) in [5.74, 6) is 0.910. The van der Waals surface area contributed by atoms with Gasteiger partial charge in [-0.25, -0.2) is 4.98 Å². The molecule has 1 atom stereocenters. The zero-order valence-electron chi connectivity index (χ0n) is 12.2. The Morgan fingerprint density at radius 3 is 2.65 bits per heavy atom. The van der Waals surface area contributed by atoms with E-state index in [1.54, 1.807) is 27.3 Å². The number of hydrogen-bond donors (Lipinski definition) is 0. The number of likely N-dealkylation sites (N-methyl/N-ethyl adjacent to an activating group) is 1. The molecule has 20 heavy (non-hydrogen) atoms. The minimum absolute atomic E-state index is 0.0156. The summed E-state index contributed by atoms with van der Waals surface area (Å²) >= 11 is 0. The minimum Gasteiger partial charge on any atom is -0.355 e. The van der Waals surface area contributed by atoms with E-state index in [0.717, 1.165) is 25.2 Å². The van der Waals surface area contributed by atoms with E-state index in [-0.39, 0.29) is 6.04 Å². The first-order valence-electron chi connectivity index (χ1n) is 6.74. The van der Waals surface area contributed by atoms with Gasteiger partial charge in [0.25, 0.3) is 10.2 Å². The summed E-state index contributed by atoms with van der Waals surface area (Å²) in [5, 5.41) is 0. The third kappa shape index (κ3) is 3.11. The normalized spacial score (nSPS) is 20.6. The summed E-state index contributed by atoms with van der Waals surface area (Å²) < 4.78 is 27.1. The fraction of sp³-hybridized carbons (Fsp3) is 0.615. The second kappa shape index (κ2) is 6.07. The van der Waals surface area contributed by atoms with E-state index < -0.39 is 10.2 Å². The van der Waals surface area contributed by atoms with Crippen molar-refractivity contribution in [3.8, 4) is 0 Å². The Kier molecular flexibility index (Phi) is 4.62. The maximum absolute atomic E-state index is 12.2. The summed E-state index contributed by atoms with van der Waals surface area (Å²) in [4.78, 5) is 6.49. The molecule has 1 aromatic rings. The number of aromatic nitrogens is 1. The molecule has 1 aromatic heterocycles. The van der Waals surface area contributed by atoms with Gasteiger partial charge < -0.3 is 4.90 Å². The molecule has 0 N–H and O–H groups in total. The van der Waals surface area contributed by atoms with Crippen LogP contribution in [0.3, 0.4) is 0 Å². The quantitative estimate of drug-likeness (QED) is 0.824. The first-order chi connectivity index (χ1) is 9.43. The fourth-order valence-corrected chi connectivity index (χ4v) is 3.51. The highest BCUT2D eigenvalue weighted by Gasteiger charge is 2.31. The van der Waals surface area contributed by atoms with Gasteiger partial charge >= 0.3 is 0 Å². The Hall–Kier alpha value is -1.18. The zero-order valence-corrected chi connectivity index (χ0v) is 13.0. The van der Waals surface area contributed by atoms with Gasteiger partial charge in [-0.1, -0.05) is 6.07 Å². The molecule has 2 heterocycles. The monoisotopic (exact) mass is 298 g/mol. The second-order valence-corrected chi connectivity index (χ2v) is 7.44. The highest BCUT2D eigenvalue weighted by molar-refractivity contribution is 7.86. The zero-order chi connectivity index (χ0) is 14.8. The van der Waals surface area contributed by atoms with Crippen molar-refractivity contribution in [3.05, 3.63) is 24.4 Å². The van der Waals surface area contributed by atoms with E-state index in [4.69, 9.17) is 0 Å². The van der Waals surface area contributed by atoms with Gasteiger partial charge in [0.2, 0.25) is 0 Å². The molecule has 1 unspecified atom stereocenters. The van der Waals surface area contributed by atoms with Crippen molar-refractivity contribution in [1.29, 1.82) is 0 Å². The summed E-state index contributed by atoms with van der Waals surface area (Å²) in [6.07, 6.45) is 3.61. The molecule has 1 saturated heterocycles. The van der Waals surface area contributed by atoms with E-state index in [1.807, 2.05) is 18.2 Å². The molecule has 0 radical (unpaired) electrons. The van der Waals surface area contributed by atoms with Gasteiger partial charge in [-0.3, -0.25) is 0 Å². The molecule has 0 aromatic carbocycles. The molecule has 0 amide bonds. The van der Waals surface area contributed by atoms with Crippen LogP contribution in [0.25, 0.3) is 0 Å². The van der Waals surface area contributed by atoms with Crippen molar-refractivity contribution in [1.82, 2.24) is 13.6 Å². The molecule has 0 bridgehead atoms. The lowest BCUT2D eigenvalue weighted by Crippen LogP contribution is -2.51. The highest BCUT2D eigenvalue weighted by Crippen LogP contribution is 2.22. The molecule has 1 aliphatic heterocycles. The molecule has 6 nitrogen and oxygen atoms in total. The van der Waals surface area contributed by atoms with Crippen LogP contribution < -0.4 is 4.90 Å². The topological polar surface area (TPSA) is 56.8 Å². The van der Waals surface area contributed by atoms with Crippen LogP contribution in [0.5, 0.6) is 0 Å². The lowest BCUT2D eigenvalue weighted by molar-refractivity contribution is 0.303. The molecular weight excluding hydrogens is 276 g/mol. The maximum atomic E-state index is 12.2. The second-order valence-electron chi connectivity index (χ2n) is 5.24. The molecule has 2 rings (SSSR count). The van der Waals surface area contributed by atoms with Crippen molar-refractivity contribution in [2.24, 2.45) is 0 Å². The third-order valence-electron chi connectivity index (χ3n) is 3.71.